The van der Waals surface area contributed by atoms with E-state index >= 15 is 0 Å². The number of nitrogens with one attached hydrogen (secondary N) is 1. The first kappa shape index (κ1) is 33.0. The Hall–Kier alpha value is -2.22. The Morgan fingerprint density at radius 2 is 1.64 bits per heavy atom. The summed E-state index contributed by atoms with van der Waals surface area (Å²) in [6.07, 6.45) is -3.64. The Morgan fingerprint density at radius 1 is 1.08 bits per heavy atom. The normalized spacial score (nSPS) is 20.9. The Kier molecular flexibility index (Phi) is 12.2. The van der Waals surface area contributed by atoms with Crippen molar-refractivity contribution >= 4 is 21.9 Å². The lowest BCUT2D eigenvalue weighted by Crippen LogP contribution is -2.48. The van der Waals surface area contributed by atoms with Gasteiger partial charge in [-0.15, -0.1) is 0 Å². The highest BCUT2D eigenvalue weighted by Gasteiger charge is 2.38. The summed E-state index contributed by atoms with van der Waals surface area (Å²) < 4.78 is 60.5. The number of nitrogens with zero attached hydrogens (tertiary/aromatic N) is 3. The van der Waals surface area contributed by atoms with Crippen LogP contribution in [0.25, 0.3) is 0 Å². The molecule has 1 amide bonds. The number of piperidine rings is 1. The smallest absolute Gasteiger partial charge is 0.475 e. The van der Waals surface area contributed by atoms with Crippen LogP contribution < -0.4 is 5.32 Å². The second kappa shape index (κ2) is 14.4. The van der Waals surface area contributed by atoms with Gasteiger partial charge >= 0.3 is 12.1 Å². The summed E-state index contributed by atoms with van der Waals surface area (Å²) >= 11 is 0. The highest BCUT2D eigenvalue weighted by molar-refractivity contribution is 7.89. The molecule has 0 spiro atoms. The molecule has 2 fully saturated rings. The molecule has 0 saturated carbocycles. The van der Waals surface area contributed by atoms with Gasteiger partial charge in [0.15, 0.2) is 0 Å². The molecule has 9 nitrogen and oxygen atoms in total. The maximum absolute atomic E-state index is 13.6. The van der Waals surface area contributed by atoms with E-state index in [0.29, 0.717) is 42.9 Å². The summed E-state index contributed by atoms with van der Waals surface area (Å²) in [5, 5.41) is 10.4. The molecular formula is C26H41F3N4O5S. The fraction of sp³-hybridized carbons (Fsp3) is 0.692. The van der Waals surface area contributed by atoms with Gasteiger partial charge in [0.1, 0.15) is 0 Å². The zero-order valence-corrected chi connectivity index (χ0v) is 23.9. The van der Waals surface area contributed by atoms with E-state index in [1.165, 1.54) is 10.7 Å². The third-order valence-corrected chi connectivity index (χ3v) is 8.90. The average Bonchev–Trinajstić information content (AvgIpc) is 2.83. The summed E-state index contributed by atoms with van der Waals surface area (Å²) in [5.74, 6) is -1.48. The maximum atomic E-state index is 13.6. The van der Waals surface area contributed by atoms with Crippen molar-refractivity contribution in [3.8, 4) is 0 Å². The summed E-state index contributed by atoms with van der Waals surface area (Å²) in [6.45, 7) is 14.6. The number of hydrogen-bond acceptors (Lipinski definition) is 6. The van der Waals surface area contributed by atoms with E-state index < -0.39 is 22.2 Å². The summed E-state index contributed by atoms with van der Waals surface area (Å²) in [4.78, 5) is 26.2. The second-order valence-electron chi connectivity index (χ2n) is 10.6. The van der Waals surface area contributed by atoms with Crippen LogP contribution in [0, 0.1) is 25.7 Å². The van der Waals surface area contributed by atoms with Crippen molar-refractivity contribution in [1.82, 2.24) is 19.4 Å². The quantitative estimate of drug-likeness (QED) is 0.488. The Morgan fingerprint density at radius 3 is 2.15 bits per heavy atom. The second-order valence-corrected chi connectivity index (χ2v) is 12.5. The van der Waals surface area contributed by atoms with Gasteiger partial charge in [0, 0.05) is 65.3 Å². The van der Waals surface area contributed by atoms with E-state index in [4.69, 9.17) is 9.90 Å². The van der Waals surface area contributed by atoms with E-state index in [9.17, 15) is 26.4 Å². The van der Waals surface area contributed by atoms with E-state index in [1.807, 2.05) is 30.9 Å². The number of aliphatic carboxylic acids is 1. The number of rotatable bonds is 8. The van der Waals surface area contributed by atoms with Gasteiger partial charge in [-0.05, 0) is 43.7 Å². The lowest BCUT2D eigenvalue weighted by Gasteiger charge is -2.36. The van der Waals surface area contributed by atoms with Gasteiger partial charge in [-0.2, -0.15) is 17.5 Å². The molecular weight excluding hydrogens is 537 g/mol. The highest BCUT2D eigenvalue weighted by atomic mass is 32.2. The van der Waals surface area contributed by atoms with Gasteiger partial charge in [-0.3, -0.25) is 4.79 Å². The number of likely N-dealkylation sites (tertiary alicyclic amines) is 1. The number of carboxylic acids is 1. The predicted octanol–water partition coefficient (Wildman–Crippen LogP) is 2.73. The number of halogens is 3. The highest BCUT2D eigenvalue weighted by Crippen LogP contribution is 2.24. The molecule has 2 N–H and O–H groups in total. The van der Waals surface area contributed by atoms with Crippen molar-refractivity contribution in [1.29, 1.82) is 0 Å². The first-order chi connectivity index (χ1) is 18.1. The van der Waals surface area contributed by atoms with Crippen molar-refractivity contribution in [3.63, 3.8) is 0 Å². The van der Waals surface area contributed by atoms with Gasteiger partial charge in [-0.1, -0.05) is 31.5 Å². The van der Waals surface area contributed by atoms with Crippen molar-refractivity contribution in [2.75, 3.05) is 58.9 Å². The third-order valence-electron chi connectivity index (χ3n) is 6.85. The zero-order chi connectivity index (χ0) is 29.4. The van der Waals surface area contributed by atoms with Crippen LogP contribution in [0.3, 0.4) is 0 Å². The number of aryl methyl sites for hydroxylation is 2. The minimum atomic E-state index is -5.08. The molecule has 1 aromatic carbocycles. The largest absolute Gasteiger partial charge is 0.490 e. The molecule has 2 saturated heterocycles. The molecule has 39 heavy (non-hydrogen) atoms. The van der Waals surface area contributed by atoms with Gasteiger partial charge in [0.25, 0.3) is 0 Å². The number of carboxylic acid groups (broad SMARTS) is 1. The van der Waals surface area contributed by atoms with Crippen LogP contribution >= 0.6 is 0 Å². The monoisotopic (exact) mass is 578 g/mol. The molecule has 0 aromatic heterocycles. The number of piperazine rings is 1. The average molecular weight is 579 g/mol. The molecule has 2 atom stereocenters. The van der Waals surface area contributed by atoms with Gasteiger partial charge < -0.3 is 20.2 Å². The number of benzene rings is 1. The number of carbonyl (C=O) groups excluding carboxylic acids is 1. The SMILES string of the molecule is Cc1ccc(S(=O)(=O)N(CCC(=O)N2CCNCC2)CCN2CC(C)CC(C)C2)c(C)c1.O=C(O)C(F)(F)F. The number of sulfonamides is 1. The minimum Gasteiger partial charge on any atom is -0.475 e. The zero-order valence-electron chi connectivity index (χ0n) is 23.1. The first-order valence-electron chi connectivity index (χ1n) is 13.2. The van der Waals surface area contributed by atoms with Crippen molar-refractivity contribution in [3.05, 3.63) is 29.3 Å². The number of carbonyl (C=O) groups is 2. The van der Waals surface area contributed by atoms with Crippen molar-refractivity contribution < 1.29 is 36.3 Å². The van der Waals surface area contributed by atoms with Crippen LogP contribution in [-0.4, -0.2) is 105 Å². The fourth-order valence-electron chi connectivity index (χ4n) is 5.10. The lowest BCUT2D eigenvalue weighted by atomic mass is 9.92. The van der Waals surface area contributed by atoms with Crippen LogP contribution in [0.5, 0.6) is 0 Å². The van der Waals surface area contributed by atoms with Crippen molar-refractivity contribution in [2.24, 2.45) is 11.8 Å². The van der Waals surface area contributed by atoms with Crippen LogP contribution in [0.15, 0.2) is 23.1 Å². The third kappa shape index (κ3) is 10.4. The van der Waals surface area contributed by atoms with E-state index in [1.54, 1.807) is 6.07 Å². The van der Waals surface area contributed by atoms with Gasteiger partial charge in [0.2, 0.25) is 15.9 Å². The first-order valence-corrected chi connectivity index (χ1v) is 14.6. The molecule has 0 radical (unpaired) electrons. The molecule has 222 valence electrons. The van der Waals surface area contributed by atoms with Crippen molar-refractivity contribution in [2.45, 2.75) is 51.6 Å². The van der Waals surface area contributed by atoms with Crippen LogP contribution in [0.4, 0.5) is 13.2 Å². The Labute approximate surface area is 229 Å². The molecule has 3 rings (SSSR count). The molecule has 0 bridgehead atoms. The van der Waals surface area contributed by atoms with Crippen LogP contribution in [0.2, 0.25) is 0 Å². The molecule has 0 aliphatic carbocycles. The predicted molar refractivity (Wildman–Crippen MR) is 142 cm³/mol. The fourth-order valence-corrected chi connectivity index (χ4v) is 6.74. The molecule has 1 aromatic rings. The van der Waals surface area contributed by atoms with Gasteiger partial charge in [-0.25, -0.2) is 13.2 Å². The number of amides is 1. The molecule has 2 aliphatic heterocycles. The summed E-state index contributed by atoms with van der Waals surface area (Å²) in [7, 11) is -3.68. The minimum absolute atomic E-state index is 0.0348. The van der Waals surface area contributed by atoms with E-state index in [0.717, 1.165) is 37.3 Å². The molecule has 2 aliphatic rings. The number of hydrogen-bond donors (Lipinski definition) is 2. The Bertz CT molecular complexity index is 1070. The van der Waals surface area contributed by atoms with Crippen LogP contribution in [-0.2, 0) is 19.6 Å². The van der Waals surface area contributed by atoms with E-state index in [2.05, 4.69) is 24.1 Å². The maximum Gasteiger partial charge on any atom is 0.490 e. The number of alkyl halides is 3. The van der Waals surface area contributed by atoms with Crippen LogP contribution in [0.1, 0.15) is 37.8 Å². The standard InChI is InChI=1S/C24H40N4O3S.C2HF3O2/c1-19-5-6-23(22(4)16-19)32(30,31)28(10-7-24(29)27-11-8-25-9-12-27)14-13-26-17-20(2)15-21(3)18-26;3-2(4,5)1(6)7/h5-6,16,20-21,25H,7-15,17-18H2,1-4H3;(H,6,7). The molecule has 2 unspecified atom stereocenters. The lowest BCUT2D eigenvalue weighted by molar-refractivity contribution is -0.192. The topological polar surface area (TPSA) is 110 Å². The van der Waals surface area contributed by atoms with Gasteiger partial charge in [0.05, 0.1) is 4.90 Å². The summed E-state index contributed by atoms with van der Waals surface area (Å²) in [6, 6.07) is 5.46. The molecule has 13 heteroatoms. The van der Waals surface area contributed by atoms with E-state index in [-0.39, 0.29) is 18.9 Å². The molecule has 2 heterocycles. The Balaban J connectivity index is 0.000000673. The summed E-state index contributed by atoms with van der Waals surface area (Å²) in [5.41, 5.74) is 1.79.